The number of nitrogens with one attached hydrogen (secondary N) is 5. The summed E-state index contributed by atoms with van der Waals surface area (Å²) < 4.78 is 101. The molecule has 5 saturated carbocycles. The zero-order chi connectivity index (χ0) is 108. The van der Waals surface area contributed by atoms with Crippen molar-refractivity contribution in [3.63, 3.8) is 0 Å². The molecule has 6 unspecified atom stereocenters. The van der Waals surface area contributed by atoms with E-state index in [0.717, 1.165) is 144 Å². The summed E-state index contributed by atoms with van der Waals surface area (Å²) in [6.07, 6.45) is 34.2. The highest BCUT2D eigenvalue weighted by atomic mass is 35.5. The summed E-state index contributed by atoms with van der Waals surface area (Å²) in [6, 6.07) is 66.8. The van der Waals surface area contributed by atoms with Gasteiger partial charge in [0, 0.05) is 194 Å². The van der Waals surface area contributed by atoms with Crippen LogP contribution in [0.5, 0.6) is 0 Å². The van der Waals surface area contributed by atoms with Gasteiger partial charge in [0.15, 0.2) is 0 Å². The number of anilines is 9. The number of para-hydroxylation sites is 2. The lowest BCUT2D eigenvalue weighted by atomic mass is 9.86. The molecular weight excluding hydrogens is 2020 g/mol. The van der Waals surface area contributed by atoms with Crippen molar-refractivity contribution in [2.45, 2.75) is 324 Å². The van der Waals surface area contributed by atoms with Crippen LogP contribution < -0.4 is 81.4 Å². The zero-order valence-electron chi connectivity index (χ0n) is 90.9. The molecule has 17 rings (SSSR count). The van der Waals surface area contributed by atoms with Crippen molar-refractivity contribution in [2.75, 3.05) is 100 Å². The van der Waals surface area contributed by atoms with E-state index in [4.69, 9.17) is 40.1 Å². The van der Waals surface area contributed by atoms with Crippen LogP contribution in [-0.2, 0) is 66.6 Å². The van der Waals surface area contributed by atoms with Crippen LogP contribution in [0.25, 0.3) is 22.3 Å². The number of primary amides is 1. The number of hydrogen-bond acceptors (Lipinski definition) is 26. The van der Waals surface area contributed by atoms with Crippen molar-refractivity contribution < 1.29 is 48.6 Å². The highest BCUT2D eigenvalue weighted by Crippen LogP contribution is 2.37. The smallest absolute Gasteiger partial charge is 0.240 e. The summed E-state index contributed by atoms with van der Waals surface area (Å²) >= 11 is -9.66. The number of carbonyl (C=O) groups excluding carboxylic acids is 1. The summed E-state index contributed by atoms with van der Waals surface area (Å²) in [4.78, 5) is 18.4. The van der Waals surface area contributed by atoms with Crippen molar-refractivity contribution in [2.24, 2.45) is 69.7 Å². The molecule has 29 nitrogen and oxygen atoms in total. The fourth-order valence-electron chi connectivity index (χ4n) is 17.8. The maximum Gasteiger partial charge on any atom is 0.240 e. The van der Waals surface area contributed by atoms with Crippen LogP contribution in [0.4, 0.5) is 51.2 Å². The van der Waals surface area contributed by atoms with Gasteiger partial charge in [-0.3, -0.25) is 25.8 Å². The Morgan fingerprint density at radius 2 is 0.651 bits per heavy atom. The molecule has 2 aromatic heterocycles. The quantitative estimate of drug-likeness (QED) is 0.0297. The Balaban J connectivity index is 0.000000262. The topological polar surface area (TPSA) is 492 Å². The highest BCUT2D eigenvalue weighted by Gasteiger charge is 2.31. The molecule has 2 saturated heterocycles. The number of amides is 1. The molecule has 5 aliphatic carbocycles. The maximum absolute atomic E-state index is 11.5. The fourth-order valence-corrected chi connectivity index (χ4v) is 17.8. The SMILES string of the molecule is CC(C)(C)S(=O)[O-].CC(C)(C)S(=O)[O-].CC(C)(C)S(=O)[O-].CC(C)(C)S(=O)[O-].CC(C)(C)S(=O)[O-].Cl.Cl.NC(=O)[C@@H]1CCCN1c1ccc(NCC2CCC(N)CC2)cc1.NC1CCC(CNc2ccc(-n3ccc4ccccc43)cc2)CC1.NC1CCC(CNc2ccc(-n3cccn3)cc2)CC1.NC1CCC(CNc2ccc(N3CCC(N)C3)cc2)CC1.NC1CCC(CNc2ccc(N3CCc4ccccc43)cc2)CC1. The lowest BCUT2D eigenvalue weighted by molar-refractivity contribution is -0.119. The number of benzene rings is 7. The molecular formula is C113H177Cl2N18O11S5-5. The van der Waals surface area contributed by atoms with Crippen LogP contribution in [0.2, 0.25) is 0 Å². The number of nitrogens with two attached hydrogens (primary N) is 7. The summed E-state index contributed by atoms with van der Waals surface area (Å²) in [6.45, 7) is 34.0. The molecule has 5 heterocycles. The maximum atomic E-state index is 11.5. The first-order valence-corrected chi connectivity index (χ1v) is 58.3. The molecule has 1 amide bonds. The van der Waals surface area contributed by atoms with E-state index in [0.29, 0.717) is 36.3 Å². The lowest BCUT2D eigenvalue weighted by Crippen LogP contribution is -2.40. The molecule has 149 heavy (non-hydrogen) atoms. The zero-order valence-corrected chi connectivity index (χ0v) is 96.6. The van der Waals surface area contributed by atoms with Crippen molar-refractivity contribution in [1.29, 1.82) is 0 Å². The Bertz CT molecular complexity index is 5240. The summed E-state index contributed by atoms with van der Waals surface area (Å²) in [7, 11) is 0. The van der Waals surface area contributed by atoms with Gasteiger partial charge in [-0.15, -0.1) is 24.8 Å². The Hall–Kier alpha value is -7.95. The molecule has 0 spiro atoms. The minimum atomic E-state index is -1.93. The van der Waals surface area contributed by atoms with E-state index in [1.165, 1.54) is 178 Å². The molecule has 7 fully saturated rings. The summed E-state index contributed by atoms with van der Waals surface area (Å²) in [5.74, 6) is 3.59. The number of aromatic nitrogens is 3. The van der Waals surface area contributed by atoms with Crippen molar-refractivity contribution in [3.8, 4) is 11.4 Å². The van der Waals surface area contributed by atoms with Crippen molar-refractivity contribution in [1.82, 2.24) is 14.3 Å². The summed E-state index contributed by atoms with van der Waals surface area (Å²) in [5, 5.41) is 23.3. The second-order valence-corrected chi connectivity index (χ2v) is 53.7. The van der Waals surface area contributed by atoms with Crippen LogP contribution in [0.3, 0.4) is 0 Å². The van der Waals surface area contributed by atoms with E-state index in [1.807, 2.05) is 16.9 Å². The summed E-state index contributed by atoms with van der Waals surface area (Å²) in [5.41, 5.74) is 57.2. The van der Waals surface area contributed by atoms with Crippen LogP contribution in [0.1, 0.15) is 257 Å². The van der Waals surface area contributed by atoms with E-state index in [9.17, 15) is 48.6 Å². The molecule has 9 aromatic rings. The molecule has 834 valence electrons. The third-order valence-electron chi connectivity index (χ3n) is 27.6. The van der Waals surface area contributed by atoms with Crippen molar-refractivity contribution in [3.05, 3.63) is 206 Å². The van der Waals surface area contributed by atoms with Gasteiger partial charge >= 0.3 is 0 Å². The first-order chi connectivity index (χ1) is 69.4. The van der Waals surface area contributed by atoms with Crippen LogP contribution in [-0.4, -0.2) is 189 Å². The van der Waals surface area contributed by atoms with Gasteiger partial charge in [0.25, 0.3) is 0 Å². The molecule has 7 atom stereocenters. The van der Waals surface area contributed by atoms with Gasteiger partial charge in [0.05, 0.1) is 11.2 Å². The minimum Gasteiger partial charge on any atom is -0.772 e. The van der Waals surface area contributed by atoms with Crippen LogP contribution in [0.15, 0.2) is 201 Å². The Kier molecular flexibility index (Phi) is 56.1. The lowest BCUT2D eigenvalue weighted by Gasteiger charge is -2.27. The van der Waals surface area contributed by atoms with Gasteiger partial charge < -0.3 is 109 Å². The highest BCUT2D eigenvalue weighted by molar-refractivity contribution is 7.81. The molecule has 36 heteroatoms. The Morgan fingerprint density at radius 1 is 0.342 bits per heavy atom. The Morgan fingerprint density at radius 3 is 0.966 bits per heavy atom. The van der Waals surface area contributed by atoms with Gasteiger partial charge in [0.1, 0.15) is 6.04 Å². The average molecular weight is 2200 g/mol. The van der Waals surface area contributed by atoms with Gasteiger partial charge in [0.2, 0.25) is 5.91 Å². The Labute approximate surface area is 915 Å². The first kappa shape index (κ1) is 130. The van der Waals surface area contributed by atoms with Gasteiger partial charge in [-0.25, -0.2) is 4.68 Å². The molecule has 8 aliphatic rings. The minimum absolute atomic E-state index is 0. The number of nitrogens with zero attached hydrogens (tertiary/aromatic N) is 6. The average Bonchev–Trinajstić information content (AvgIpc) is 1.67. The number of halogens is 2. The van der Waals surface area contributed by atoms with E-state index in [2.05, 4.69) is 233 Å². The van der Waals surface area contributed by atoms with Gasteiger partial charge in [-0.1, -0.05) is 36.4 Å². The second kappa shape index (κ2) is 64.4. The van der Waals surface area contributed by atoms with Crippen LogP contribution >= 0.6 is 24.8 Å². The van der Waals surface area contributed by atoms with Crippen LogP contribution in [0, 0.1) is 29.6 Å². The van der Waals surface area contributed by atoms with Crippen molar-refractivity contribution >= 4 is 148 Å². The van der Waals surface area contributed by atoms with Gasteiger partial charge in [-0.2, -0.15) is 5.10 Å². The molecule has 7 aromatic carbocycles. The van der Waals surface area contributed by atoms with E-state index < -0.39 is 79.1 Å². The largest absolute Gasteiger partial charge is 0.772 e. The second-order valence-electron chi connectivity index (χ2n) is 45.3. The predicted octanol–water partition coefficient (Wildman–Crippen LogP) is 20.1. The normalized spacial score (nSPS) is 22.5. The molecule has 0 radical (unpaired) electrons. The van der Waals surface area contributed by atoms with Gasteiger partial charge in [-0.05, 0) is 499 Å². The molecule has 19 N–H and O–H groups in total. The standard InChI is InChI=1S/C21H27N3.C21H25N3.C18H28N4O.C17H28N4.C16H22N4.5C4H10O2S.2ClH/c2*22-18-7-5-16(6-8-18)15-23-19-9-11-20(12-10-19)24-14-13-17-3-1-2-4-21(17)24;19-14-5-3-13(4-6-14)12-21-15-7-9-16(10-8-15)22-11-1-2-17(22)18(20)23;18-14-3-1-13(2-4-14)11-20-16-5-7-17(8-6-16)21-10-9-15(19)12-21;17-14-4-2-13(3-5-14)12-18-15-6-8-16(9-7-15)20-11-1-10-19-20;5*1-4(2,3)7(5)6;;/h1-4,9-12,16,18,23H,5-8,13-15,22H2;1-4,9-14,16,18,23H,5-8,15,22H2;7-10,13-14,17,21H,1-6,11-12,19H2,(H2,20,23);5-8,13-15,20H,1-4,9-12,18-19H2;1,6-11,13-14,18H,2-5,12,17H2;5*1-3H3,(H,5,6);2*1H/p-5/t;;13?,14?,17-;;;;;;;;;/m..0........./s1. The van der Waals surface area contributed by atoms with E-state index in [-0.39, 0.29) is 36.8 Å². The molecule has 3 aliphatic heterocycles. The number of carbonyl (C=O) groups is 1. The molecule has 0 bridgehead atoms. The van der Waals surface area contributed by atoms with E-state index >= 15 is 0 Å². The predicted molar refractivity (Wildman–Crippen MR) is 628 cm³/mol. The number of hydrogen-bond donors (Lipinski definition) is 12. The third-order valence-corrected chi connectivity index (χ3v) is 32.6. The number of rotatable bonds is 21. The number of fused-ring (bicyclic) bond motifs is 2. The monoisotopic (exact) mass is 2190 g/mol. The third kappa shape index (κ3) is 47.5. The fraction of sp³-hybridized carbons (Fsp3) is 0.575. The van der Waals surface area contributed by atoms with E-state index in [1.54, 1.807) is 110 Å². The first-order valence-electron chi connectivity index (χ1n) is 52.9.